The molecule has 0 aromatic heterocycles. The number of nitrogens with one attached hydrogen (secondary N) is 1. The maximum absolute atomic E-state index is 12.9. The summed E-state index contributed by atoms with van der Waals surface area (Å²) in [5.41, 5.74) is 2.31. The predicted molar refractivity (Wildman–Crippen MR) is 54.3 cm³/mol. The molecule has 0 saturated carbocycles. The van der Waals surface area contributed by atoms with Gasteiger partial charge in [-0.15, -0.1) is 6.42 Å². The van der Waals surface area contributed by atoms with E-state index in [1.807, 2.05) is 6.07 Å². The Morgan fingerprint density at radius 3 is 3.21 bits per heavy atom. The van der Waals surface area contributed by atoms with Gasteiger partial charge in [-0.05, 0) is 36.1 Å². The lowest BCUT2D eigenvalue weighted by molar-refractivity contribution is 0.568. The highest BCUT2D eigenvalue weighted by molar-refractivity contribution is 5.35. The first-order valence-electron chi connectivity index (χ1n) is 4.76. The van der Waals surface area contributed by atoms with Gasteiger partial charge in [0.15, 0.2) is 0 Å². The Morgan fingerprint density at radius 1 is 1.57 bits per heavy atom. The minimum Gasteiger partial charge on any atom is -0.299 e. The molecule has 0 saturated heterocycles. The van der Waals surface area contributed by atoms with Crippen molar-refractivity contribution in [2.75, 3.05) is 6.54 Å². The highest BCUT2D eigenvalue weighted by Crippen LogP contribution is 2.31. The Labute approximate surface area is 83.3 Å². The number of terminal acetylenes is 1. The number of hydrogen-bond acceptors (Lipinski definition) is 1. The van der Waals surface area contributed by atoms with Crippen molar-refractivity contribution in [2.24, 2.45) is 0 Å². The summed E-state index contributed by atoms with van der Waals surface area (Å²) >= 11 is 0. The van der Waals surface area contributed by atoms with Crippen molar-refractivity contribution < 1.29 is 4.39 Å². The third kappa shape index (κ3) is 1.64. The molecule has 1 atom stereocenters. The summed E-state index contributed by atoms with van der Waals surface area (Å²) in [6.07, 6.45) is 7.13. The maximum Gasteiger partial charge on any atom is 0.123 e. The monoisotopic (exact) mass is 189 g/mol. The number of halogens is 1. The zero-order valence-corrected chi connectivity index (χ0v) is 7.89. The summed E-state index contributed by atoms with van der Waals surface area (Å²) in [4.78, 5) is 0. The van der Waals surface area contributed by atoms with E-state index < -0.39 is 0 Å². The highest BCUT2D eigenvalue weighted by Gasteiger charge is 2.21. The fourth-order valence-corrected chi connectivity index (χ4v) is 1.98. The van der Waals surface area contributed by atoms with Crippen LogP contribution in [0, 0.1) is 18.2 Å². The van der Waals surface area contributed by atoms with Gasteiger partial charge in [-0.1, -0.05) is 12.0 Å². The van der Waals surface area contributed by atoms with E-state index in [-0.39, 0.29) is 5.82 Å². The molecule has 0 spiro atoms. The molecule has 2 rings (SSSR count). The summed E-state index contributed by atoms with van der Waals surface area (Å²) in [7, 11) is 0. The van der Waals surface area contributed by atoms with Crippen molar-refractivity contribution in [3.63, 3.8) is 0 Å². The molecule has 1 unspecified atom stereocenters. The van der Waals surface area contributed by atoms with E-state index in [9.17, 15) is 4.39 Å². The van der Waals surface area contributed by atoms with E-state index in [1.165, 1.54) is 11.6 Å². The minimum atomic E-state index is -0.152. The molecule has 0 radical (unpaired) electrons. The topological polar surface area (TPSA) is 12.0 Å². The van der Waals surface area contributed by atoms with E-state index in [2.05, 4.69) is 11.2 Å². The normalized spacial score (nSPS) is 19.0. The van der Waals surface area contributed by atoms with E-state index in [0.29, 0.717) is 12.6 Å². The second kappa shape index (κ2) is 3.81. The van der Waals surface area contributed by atoms with Crippen LogP contribution in [0.25, 0.3) is 0 Å². The average molecular weight is 189 g/mol. The van der Waals surface area contributed by atoms with Gasteiger partial charge in [0.2, 0.25) is 0 Å². The molecule has 1 aliphatic carbocycles. The molecule has 2 heteroatoms. The van der Waals surface area contributed by atoms with Crippen LogP contribution >= 0.6 is 0 Å². The van der Waals surface area contributed by atoms with E-state index in [0.717, 1.165) is 18.4 Å². The van der Waals surface area contributed by atoms with Crippen LogP contribution in [0.3, 0.4) is 0 Å². The van der Waals surface area contributed by atoms with Gasteiger partial charge >= 0.3 is 0 Å². The van der Waals surface area contributed by atoms with Crippen LogP contribution < -0.4 is 5.32 Å². The maximum atomic E-state index is 12.9. The molecule has 0 amide bonds. The number of aryl methyl sites for hydroxylation is 1. The molecule has 1 nitrogen and oxygen atoms in total. The number of fused-ring (bicyclic) bond motifs is 1. The predicted octanol–water partition coefficient (Wildman–Crippen LogP) is 2.04. The van der Waals surface area contributed by atoms with Gasteiger partial charge in [-0.25, -0.2) is 4.39 Å². The van der Waals surface area contributed by atoms with Gasteiger partial charge in [0.25, 0.3) is 0 Å². The molecule has 0 bridgehead atoms. The van der Waals surface area contributed by atoms with Crippen LogP contribution in [0.2, 0.25) is 0 Å². The van der Waals surface area contributed by atoms with Crippen LogP contribution in [-0.4, -0.2) is 6.54 Å². The van der Waals surface area contributed by atoms with Crippen molar-refractivity contribution in [3.8, 4) is 12.3 Å². The highest BCUT2D eigenvalue weighted by atomic mass is 19.1. The molecule has 1 aromatic carbocycles. The largest absolute Gasteiger partial charge is 0.299 e. The van der Waals surface area contributed by atoms with Gasteiger partial charge < -0.3 is 0 Å². The molecule has 0 aliphatic heterocycles. The lowest BCUT2D eigenvalue weighted by Crippen LogP contribution is -2.19. The van der Waals surface area contributed by atoms with Crippen molar-refractivity contribution in [1.29, 1.82) is 0 Å². The van der Waals surface area contributed by atoms with E-state index >= 15 is 0 Å². The lowest BCUT2D eigenvalue weighted by atomic mass is 10.1. The van der Waals surface area contributed by atoms with Crippen LogP contribution in [0.5, 0.6) is 0 Å². The van der Waals surface area contributed by atoms with Crippen molar-refractivity contribution in [2.45, 2.75) is 18.9 Å². The van der Waals surface area contributed by atoms with Crippen molar-refractivity contribution in [3.05, 3.63) is 35.1 Å². The number of benzene rings is 1. The molecular weight excluding hydrogens is 177 g/mol. The quantitative estimate of drug-likeness (QED) is 0.702. The average Bonchev–Trinajstić information content (AvgIpc) is 2.57. The molecular formula is C12H12FN. The van der Waals surface area contributed by atoms with Gasteiger partial charge in [-0.3, -0.25) is 5.32 Å². The minimum absolute atomic E-state index is 0.152. The van der Waals surface area contributed by atoms with E-state index in [1.54, 1.807) is 6.07 Å². The summed E-state index contributed by atoms with van der Waals surface area (Å²) in [6, 6.07) is 5.29. The molecule has 0 fully saturated rings. The zero-order chi connectivity index (χ0) is 9.97. The third-order valence-electron chi connectivity index (χ3n) is 2.63. The second-order valence-corrected chi connectivity index (χ2v) is 3.52. The number of rotatable bonds is 2. The Bertz CT molecular complexity index is 378. The summed E-state index contributed by atoms with van der Waals surface area (Å²) in [5.74, 6) is 2.40. The first-order chi connectivity index (χ1) is 6.81. The van der Waals surface area contributed by atoms with Gasteiger partial charge in [0, 0.05) is 6.04 Å². The standard InChI is InChI=1S/C12H12FN/c1-2-7-14-12-6-3-9-8-10(13)4-5-11(9)12/h1,4-5,8,12,14H,3,6-7H2. The summed E-state index contributed by atoms with van der Waals surface area (Å²) in [6.45, 7) is 0.571. The van der Waals surface area contributed by atoms with Crippen LogP contribution in [0.15, 0.2) is 18.2 Å². The van der Waals surface area contributed by atoms with Crippen LogP contribution in [0.1, 0.15) is 23.6 Å². The van der Waals surface area contributed by atoms with Crippen molar-refractivity contribution in [1.82, 2.24) is 5.32 Å². The molecule has 1 aliphatic rings. The second-order valence-electron chi connectivity index (χ2n) is 3.52. The van der Waals surface area contributed by atoms with Crippen molar-refractivity contribution >= 4 is 0 Å². The van der Waals surface area contributed by atoms with Crippen LogP contribution in [-0.2, 0) is 6.42 Å². The third-order valence-corrected chi connectivity index (χ3v) is 2.63. The Hall–Kier alpha value is -1.33. The Morgan fingerprint density at radius 2 is 2.43 bits per heavy atom. The molecule has 1 aromatic rings. The Balaban J connectivity index is 2.19. The zero-order valence-electron chi connectivity index (χ0n) is 7.89. The summed E-state index contributed by atoms with van der Waals surface area (Å²) < 4.78 is 12.9. The molecule has 0 heterocycles. The lowest BCUT2D eigenvalue weighted by Gasteiger charge is -2.11. The number of hydrogen-bond donors (Lipinski definition) is 1. The van der Waals surface area contributed by atoms with Gasteiger partial charge in [-0.2, -0.15) is 0 Å². The van der Waals surface area contributed by atoms with Crippen LogP contribution in [0.4, 0.5) is 4.39 Å². The van der Waals surface area contributed by atoms with Gasteiger partial charge in [0.1, 0.15) is 5.82 Å². The molecule has 14 heavy (non-hydrogen) atoms. The SMILES string of the molecule is C#CCNC1CCc2cc(F)ccc21. The van der Waals surface area contributed by atoms with E-state index in [4.69, 9.17) is 6.42 Å². The smallest absolute Gasteiger partial charge is 0.123 e. The fourth-order valence-electron chi connectivity index (χ4n) is 1.98. The van der Waals surface area contributed by atoms with Gasteiger partial charge in [0.05, 0.1) is 6.54 Å². The fraction of sp³-hybridized carbons (Fsp3) is 0.333. The first kappa shape index (κ1) is 9.23. The molecule has 72 valence electrons. The first-order valence-corrected chi connectivity index (χ1v) is 4.76. The molecule has 1 N–H and O–H groups in total. The Kier molecular flexibility index (Phi) is 2.51. The summed E-state index contributed by atoms with van der Waals surface area (Å²) in [5, 5.41) is 3.25.